The van der Waals surface area contributed by atoms with Crippen LogP contribution in [0.5, 0.6) is 5.75 Å². The molecule has 0 unspecified atom stereocenters. The molecule has 4 nitrogen and oxygen atoms in total. The molecule has 0 aromatic heterocycles. The number of halogens is 1. The van der Waals surface area contributed by atoms with E-state index in [4.69, 9.17) is 9.47 Å². The monoisotopic (exact) mass is 369 g/mol. The van der Waals surface area contributed by atoms with Gasteiger partial charge in [-0.2, -0.15) is 0 Å². The van der Waals surface area contributed by atoms with Gasteiger partial charge in [0.05, 0.1) is 6.10 Å². The van der Waals surface area contributed by atoms with Crippen molar-refractivity contribution in [2.24, 2.45) is 0 Å². The Kier molecular flexibility index (Phi) is 5.39. The van der Waals surface area contributed by atoms with Crippen LogP contribution in [0, 0.1) is 5.82 Å². The molecule has 5 heteroatoms. The van der Waals surface area contributed by atoms with Crippen molar-refractivity contribution in [2.75, 3.05) is 13.2 Å². The topological polar surface area (TPSA) is 38.8 Å². The number of ether oxygens (including phenoxy) is 2. The van der Waals surface area contributed by atoms with Crippen LogP contribution in [0.1, 0.15) is 41.6 Å². The van der Waals surface area contributed by atoms with Crippen molar-refractivity contribution >= 4 is 5.91 Å². The number of hydrogen-bond donors (Lipinski definition) is 0. The quantitative estimate of drug-likeness (QED) is 0.735. The third kappa shape index (κ3) is 4.66. The van der Waals surface area contributed by atoms with Crippen LogP contribution in [0.2, 0.25) is 0 Å². The van der Waals surface area contributed by atoms with Gasteiger partial charge >= 0.3 is 0 Å². The Morgan fingerprint density at radius 2 is 2.00 bits per heavy atom. The maximum Gasteiger partial charge on any atom is 0.254 e. The largest absolute Gasteiger partial charge is 0.491 e. The predicted octanol–water partition coefficient (Wildman–Crippen LogP) is 4.19. The van der Waals surface area contributed by atoms with E-state index >= 15 is 0 Å². The van der Waals surface area contributed by atoms with Crippen LogP contribution in [0.15, 0.2) is 48.5 Å². The molecule has 1 saturated heterocycles. The minimum absolute atomic E-state index is 0.123. The standard InChI is InChI=1S/C22H24FNO3/c23-18-6-2-5-17(13-18)22(25)24(19-9-10-19)14-16-4-1-7-20(12-16)27-15-21-8-3-11-26-21/h1-2,4-7,12-13,19,21H,3,8-11,14-15H2/t21-/m1/s1. The van der Waals surface area contributed by atoms with Gasteiger partial charge in [-0.1, -0.05) is 18.2 Å². The molecule has 1 aliphatic heterocycles. The molecule has 2 fully saturated rings. The second-order valence-corrected chi connectivity index (χ2v) is 7.27. The van der Waals surface area contributed by atoms with E-state index in [-0.39, 0.29) is 23.9 Å². The predicted molar refractivity (Wildman–Crippen MR) is 100 cm³/mol. The fourth-order valence-corrected chi connectivity index (χ4v) is 3.44. The lowest BCUT2D eigenvalue weighted by Gasteiger charge is -2.23. The van der Waals surface area contributed by atoms with Gasteiger partial charge in [0.25, 0.3) is 5.91 Å². The van der Waals surface area contributed by atoms with Gasteiger partial charge in [0.15, 0.2) is 0 Å². The van der Waals surface area contributed by atoms with Crippen LogP contribution >= 0.6 is 0 Å². The zero-order valence-electron chi connectivity index (χ0n) is 15.3. The lowest BCUT2D eigenvalue weighted by molar-refractivity contribution is 0.0678. The smallest absolute Gasteiger partial charge is 0.254 e. The molecule has 1 aliphatic carbocycles. The number of benzene rings is 2. The molecule has 1 atom stereocenters. The highest BCUT2D eigenvalue weighted by Gasteiger charge is 2.33. The number of nitrogens with zero attached hydrogens (tertiary/aromatic N) is 1. The fraction of sp³-hybridized carbons (Fsp3) is 0.409. The highest BCUT2D eigenvalue weighted by molar-refractivity contribution is 5.94. The Morgan fingerprint density at radius 3 is 2.74 bits per heavy atom. The molecule has 2 aliphatic rings. The molecule has 0 spiro atoms. The van der Waals surface area contributed by atoms with E-state index in [1.54, 1.807) is 12.1 Å². The van der Waals surface area contributed by atoms with Crippen LogP contribution in [0.25, 0.3) is 0 Å². The summed E-state index contributed by atoms with van der Waals surface area (Å²) in [6.45, 7) is 1.86. The van der Waals surface area contributed by atoms with E-state index in [9.17, 15) is 9.18 Å². The second kappa shape index (κ2) is 8.09. The van der Waals surface area contributed by atoms with Crippen molar-refractivity contribution in [3.63, 3.8) is 0 Å². The molecule has 4 rings (SSSR count). The minimum atomic E-state index is -0.388. The molecular formula is C22H24FNO3. The summed E-state index contributed by atoms with van der Waals surface area (Å²) in [5.74, 6) is 0.278. The Balaban J connectivity index is 1.44. The Labute approximate surface area is 158 Å². The van der Waals surface area contributed by atoms with Gasteiger partial charge < -0.3 is 14.4 Å². The van der Waals surface area contributed by atoms with E-state index in [1.165, 1.54) is 12.1 Å². The molecule has 0 N–H and O–H groups in total. The lowest BCUT2D eigenvalue weighted by Crippen LogP contribution is -2.32. The first-order valence-corrected chi connectivity index (χ1v) is 9.59. The summed E-state index contributed by atoms with van der Waals surface area (Å²) in [6.07, 6.45) is 4.29. The van der Waals surface area contributed by atoms with E-state index in [2.05, 4.69) is 0 Å². The van der Waals surface area contributed by atoms with Gasteiger partial charge in [0, 0.05) is 24.8 Å². The van der Waals surface area contributed by atoms with Crippen molar-refractivity contribution in [3.8, 4) is 5.75 Å². The van der Waals surface area contributed by atoms with Gasteiger partial charge in [-0.05, 0) is 61.6 Å². The Morgan fingerprint density at radius 1 is 1.15 bits per heavy atom. The maximum atomic E-state index is 13.5. The van der Waals surface area contributed by atoms with E-state index < -0.39 is 0 Å². The molecule has 1 heterocycles. The molecule has 142 valence electrons. The summed E-state index contributed by atoms with van der Waals surface area (Å²) in [7, 11) is 0. The molecule has 2 aromatic carbocycles. The Bertz CT molecular complexity index is 800. The van der Waals surface area contributed by atoms with Gasteiger partial charge in [-0.25, -0.2) is 4.39 Å². The van der Waals surface area contributed by atoms with Crippen LogP contribution in [-0.2, 0) is 11.3 Å². The van der Waals surface area contributed by atoms with Gasteiger partial charge in [0.2, 0.25) is 0 Å². The first-order chi connectivity index (χ1) is 13.2. The molecule has 27 heavy (non-hydrogen) atoms. The molecule has 0 radical (unpaired) electrons. The van der Waals surface area contributed by atoms with Crippen molar-refractivity contribution in [1.29, 1.82) is 0 Å². The van der Waals surface area contributed by atoms with E-state index in [0.717, 1.165) is 43.6 Å². The average molecular weight is 369 g/mol. The molecule has 2 aromatic rings. The highest BCUT2D eigenvalue weighted by atomic mass is 19.1. The normalized spacial score (nSPS) is 19.1. The number of carbonyl (C=O) groups excluding carboxylic acids is 1. The summed E-state index contributed by atoms with van der Waals surface area (Å²) in [5.41, 5.74) is 1.41. The summed E-state index contributed by atoms with van der Waals surface area (Å²) >= 11 is 0. The van der Waals surface area contributed by atoms with Crippen LogP contribution in [0.4, 0.5) is 4.39 Å². The SMILES string of the molecule is O=C(c1cccc(F)c1)N(Cc1cccc(OC[C@H]2CCCO2)c1)C1CC1. The number of hydrogen-bond acceptors (Lipinski definition) is 3. The molecular weight excluding hydrogens is 345 g/mol. The minimum Gasteiger partial charge on any atom is -0.491 e. The summed E-state index contributed by atoms with van der Waals surface area (Å²) in [5, 5.41) is 0. The number of rotatable bonds is 7. The summed E-state index contributed by atoms with van der Waals surface area (Å²) < 4.78 is 25.0. The summed E-state index contributed by atoms with van der Waals surface area (Å²) in [4.78, 5) is 14.7. The zero-order chi connectivity index (χ0) is 18.6. The average Bonchev–Trinajstić information content (AvgIpc) is 3.39. The lowest BCUT2D eigenvalue weighted by atomic mass is 10.1. The molecule has 1 saturated carbocycles. The third-order valence-corrected chi connectivity index (χ3v) is 5.03. The van der Waals surface area contributed by atoms with Crippen molar-refractivity contribution in [3.05, 3.63) is 65.5 Å². The number of amides is 1. The van der Waals surface area contributed by atoms with Gasteiger partial charge in [-0.15, -0.1) is 0 Å². The van der Waals surface area contributed by atoms with Crippen molar-refractivity contribution < 1.29 is 18.7 Å². The highest BCUT2D eigenvalue weighted by Crippen LogP contribution is 2.30. The molecule has 0 bridgehead atoms. The first-order valence-electron chi connectivity index (χ1n) is 9.59. The van der Waals surface area contributed by atoms with E-state index in [1.807, 2.05) is 29.2 Å². The fourth-order valence-electron chi connectivity index (χ4n) is 3.44. The third-order valence-electron chi connectivity index (χ3n) is 5.03. The maximum absolute atomic E-state index is 13.5. The van der Waals surface area contributed by atoms with Crippen molar-refractivity contribution in [2.45, 2.75) is 44.4 Å². The Hall–Kier alpha value is -2.40. The second-order valence-electron chi connectivity index (χ2n) is 7.27. The van der Waals surface area contributed by atoms with Crippen molar-refractivity contribution in [1.82, 2.24) is 4.90 Å². The van der Waals surface area contributed by atoms with Gasteiger partial charge in [-0.3, -0.25) is 4.79 Å². The van der Waals surface area contributed by atoms with Crippen LogP contribution in [-0.4, -0.2) is 36.2 Å². The van der Waals surface area contributed by atoms with Gasteiger partial charge in [0.1, 0.15) is 18.2 Å². The van der Waals surface area contributed by atoms with Crippen LogP contribution < -0.4 is 4.74 Å². The first kappa shape index (κ1) is 18.0. The zero-order valence-corrected chi connectivity index (χ0v) is 15.3. The molecule has 1 amide bonds. The number of carbonyl (C=O) groups is 1. The summed E-state index contributed by atoms with van der Waals surface area (Å²) in [6, 6.07) is 14.0. The van der Waals surface area contributed by atoms with E-state index in [0.29, 0.717) is 18.7 Å². The van der Waals surface area contributed by atoms with Crippen LogP contribution in [0.3, 0.4) is 0 Å².